The number of nitrogens with zero attached hydrogens (tertiary/aromatic N) is 3. The Labute approximate surface area is 138 Å². The molecule has 1 amide bonds. The molecule has 7 heteroatoms. The molecular formula is C14H9BrClN3OS. The monoisotopic (exact) mass is 381 g/mol. The maximum absolute atomic E-state index is 10.8. The Hall–Kier alpha value is -1.50. The molecule has 0 atom stereocenters. The van der Waals surface area contributed by atoms with Crippen molar-refractivity contribution in [1.29, 1.82) is 0 Å². The third kappa shape index (κ3) is 2.79. The molecule has 2 aromatic heterocycles. The fourth-order valence-corrected chi connectivity index (χ4v) is 3.65. The van der Waals surface area contributed by atoms with E-state index in [1.54, 1.807) is 24.5 Å². The first-order valence-electron chi connectivity index (χ1n) is 5.99. The molecule has 0 spiro atoms. The van der Waals surface area contributed by atoms with E-state index < -0.39 is 0 Å². The summed E-state index contributed by atoms with van der Waals surface area (Å²) >= 11 is 11.1. The summed E-state index contributed by atoms with van der Waals surface area (Å²) in [6.07, 6.45) is 0.692. The molecule has 0 aliphatic carbocycles. The van der Waals surface area contributed by atoms with E-state index in [1.807, 2.05) is 24.3 Å². The van der Waals surface area contributed by atoms with Crippen LogP contribution < -0.4 is 4.90 Å². The lowest BCUT2D eigenvalue weighted by molar-refractivity contribution is -0.107. The van der Waals surface area contributed by atoms with Crippen LogP contribution >= 0.6 is 38.9 Å². The van der Waals surface area contributed by atoms with Gasteiger partial charge in [-0.25, -0.2) is 9.97 Å². The number of carbonyl (C=O) groups is 1. The summed E-state index contributed by atoms with van der Waals surface area (Å²) < 4.78 is 2.09. The van der Waals surface area contributed by atoms with E-state index in [-0.39, 0.29) is 5.15 Å². The first-order chi connectivity index (χ1) is 10.1. The van der Waals surface area contributed by atoms with Crippen LogP contribution in [-0.2, 0) is 4.79 Å². The van der Waals surface area contributed by atoms with E-state index >= 15 is 0 Å². The number of amides is 1. The van der Waals surface area contributed by atoms with Crippen molar-refractivity contribution in [2.24, 2.45) is 0 Å². The maximum atomic E-state index is 10.8. The van der Waals surface area contributed by atoms with Crippen molar-refractivity contribution < 1.29 is 4.79 Å². The highest BCUT2D eigenvalue weighted by Crippen LogP contribution is 2.33. The average molecular weight is 383 g/mol. The van der Waals surface area contributed by atoms with Gasteiger partial charge in [0, 0.05) is 11.5 Å². The summed E-state index contributed by atoms with van der Waals surface area (Å²) in [4.78, 5) is 21.1. The fraction of sp³-hybridized carbons (Fsp3) is 0.0714. The normalized spacial score (nSPS) is 10.8. The summed E-state index contributed by atoms with van der Waals surface area (Å²) in [5, 5.41) is 1.08. The Bertz CT molecular complexity index is 836. The van der Waals surface area contributed by atoms with Crippen molar-refractivity contribution in [1.82, 2.24) is 9.97 Å². The number of rotatable bonds is 3. The largest absolute Gasteiger partial charge is 0.315 e. The van der Waals surface area contributed by atoms with Gasteiger partial charge in [-0.3, -0.25) is 4.79 Å². The van der Waals surface area contributed by atoms with E-state index in [0.717, 1.165) is 19.7 Å². The standard InChI is InChI=1S/C14H9BrClN3OS/c1-19(7-20)11-5-4-10(17-13(11)16)14-18-9-3-2-8(15)6-12(9)21-14/h2-7H,1H3. The number of pyridine rings is 1. The molecule has 0 saturated heterocycles. The molecule has 106 valence electrons. The highest BCUT2D eigenvalue weighted by Gasteiger charge is 2.12. The van der Waals surface area contributed by atoms with E-state index in [0.29, 0.717) is 17.8 Å². The van der Waals surface area contributed by atoms with Crippen molar-refractivity contribution in [3.63, 3.8) is 0 Å². The molecule has 3 aromatic rings. The molecule has 4 nitrogen and oxygen atoms in total. The van der Waals surface area contributed by atoms with Crippen molar-refractivity contribution in [2.45, 2.75) is 0 Å². The van der Waals surface area contributed by atoms with Gasteiger partial charge < -0.3 is 4.90 Å². The molecule has 2 heterocycles. The number of hydrogen-bond acceptors (Lipinski definition) is 4. The molecule has 0 aliphatic heterocycles. The number of aromatic nitrogens is 2. The zero-order valence-electron chi connectivity index (χ0n) is 10.9. The minimum absolute atomic E-state index is 0.280. The van der Waals surface area contributed by atoms with Crippen LogP contribution in [0.2, 0.25) is 5.15 Å². The molecule has 1 aromatic carbocycles. The van der Waals surface area contributed by atoms with Crippen LogP contribution in [0, 0.1) is 0 Å². The smallest absolute Gasteiger partial charge is 0.213 e. The number of hydrogen-bond donors (Lipinski definition) is 0. The molecule has 0 bridgehead atoms. The van der Waals surface area contributed by atoms with Gasteiger partial charge >= 0.3 is 0 Å². The molecule has 0 unspecified atom stereocenters. The second-order valence-corrected chi connectivity index (χ2v) is 6.66. The summed E-state index contributed by atoms with van der Waals surface area (Å²) in [6, 6.07) is 9.51. The molecule has 0 aliphatic rings. The first-order valence-corrected chi connectivity index (χ1v) is 7.98. The van der Waals surface area contributed by atoms with Crippen LogP contribution in [-0.4, -0.2) is 23.4 Å². The number of benzene rings is 1. The van der Waals surface area contributed by atoms with Crippen molar-refractivity contribution in [2.75, 3.05) is 11.9 Å². The zero-order chi connectivity index (χ0) is 15.0. The fourth-order valence-electron chi connectivity index (χ4n) is 1.87. The van der Waals surface area contributed by atoms with Gasteiger partial charge in [0.1, 0.15) is 10.7 Å². The van der Waals surface area contributed by atoms with Gasteiger partial charge in [-0.05, 0) is 30.3 Å². The van der Waals surface area contributed by atoms with Crippen LogP contribution in [0.4, 0.5) is 5.69 Å². The van der Waals surface area contributed by atoms with Gasteiger partial charge in [-0.1, -0.05) is 27.5 Å². The lowest BCUT2D eigenvalue weighted by Crippen LogP contribution is -2.14. The highest BCUT2D eigenvalue weighted by atomic mass is 79.9. The topological polar surface area (TPSA) is 46.1 Å². The van der Waals surface area contributed by atoms with E-state index in [4.69, 9.17) is 11.6 Å². The maximum Gasteiger partial charge on any atom is 0.213 e. The SMILES string of the molecule is CN(C=O)c1ccc(-c2nc3ccc(Br)cc3s2)nc1Cl. The quantitative estimate of drug-likeness (QED) is 0.499. The van der Waals surface area contributed by atoms with Gasteiger partial charge in [0.2, 0.25) is 6.41 Å². The van der Waals surface area contributed by atoms with E-state index in [1.165, 1.54) is 4.90 Å². The van der Waals surface area contributed by atoms with Crippen LogP contribution in [0.15, 0.2) is 34.8 Å². The Kier molecular flexibility index (Phi) is 3.93. The molecule has 21 heavy (non-hydrogen) atoms. The number of halogens is 2. The highest BCUT2D eigenvalue weighted by molar-refractivity contribution is 9.10. The zero-order valence-corrected chi connectivity index (χ0v) is 14.0. The Morgan fingerprint density at radius 2 is 2.10 bits per heavy atom. The second kappa shape index (κ2) is 5.71. The van der Waals surface area contributed by atoms with Gasteiger partial charge in [-0.15, -0.1) is 11.3 Å². The Morgan fingerprint density at radius 3 is 2.81 bits per heavy atom. The minimum Gasteiger partial charge on any atom is -0.315 e. The molecule has 0 fully saturated rings. The van der Waals surface area contributed by atoms with Crippen LogP contribution in [0.1, 0.15) is 0 Å². The van der Waals surface area contributed by atoms with Gasteiger partial charge in [0.25, 0.3) is 0 Å². The van der Waals surface area contributed by atoms with Crippen molar-refractivity contribution >= 4 is 61.2 Å². The van der Waals surface area contributed by atoms with E-state index in [9.17, 15) is 4.79 Å². The molecule has 0 saturated carbocycles. The molecule has 0 radical (unpaired) electrons. The second-order valence-electron chi connectivity index (χ2n) is 4.35. The lowest BCUT2D eigenvalue weighted by atomic mass is 10.3. The predicted molar refractivity (Wildman–Crippen MR) is 90.0 cm³/mol. The van der Waals surface area contributed by atoms with Crippen LogP contribution in [0.3, 0.4) is 0 Å². The third-order valence-corrected chi connectivity index (χ3v) is 4.75. The van der Waals surface area contributed by atoms with Crippen LogP contribution in [0.5, 0.6) is 0 Å². The number of thiazole rings is 1. The summed E-state index contributed by atoms with van der Waals surface area (Å²) in [7, 11) is 1.63. The minimum atomic E-state index is 0.280. The van der Waals surface area contributed by atoms with Gasteiger partial charge in [0.05, 0.1) is 15.9 Å². The van der Waals surface area contributed by atoms with Crippen molar-refractivity contribution in [3.8, 4) is 10.7 Å². The molecule has 0 N–H and O–H groups in total. The average Bonchev–Trinajstić information content (AvgIpc) is 2.89. The third-order valence-electron chi connectivity index (χ3n) is 2.94. The number of anilines is 1. The van der Waals surface area contributed by atoms with Crippen molar-refractivity contribution in [3.05, 3.63) is 40.0 Å². The lowest BCUT2D eigenvalue weighted by Gasteiger charge is -2.12. The molecular weight excluding hydrogens is 374 g/mol. The van der Waals surface area contributed by atoms with Gasteiger partial charge in [-0.2, -0.15) is 0 Å². The number of carbonyl (C=O) groups excluding carboxylic acids is 1. The van der Waals surface area contributed by atoms with E-state index in [2.05, 4.69) is 25.9 Å². The molecule has 3 rings (SSSR count). The Balaban J connectivity index is 2.06. The Morgan fingerprint density at radius 1 is 1.29 bits per heavy atom. The summed E-state index contributed by atoms with van der Waals surface area (Å²) in [6.45, 7) is 0. The van der Waals surface area contributed by atoms with Gasteiger partial charge in [0.15, 0.2) is 5.15 Å². The van der Waals surface area contributed by atoms with Crippen LogP contribution in [0.25, 0.3) is 20.9 Å². The first kappa shape index (κ1) is 14.4. The summed E-state index contributed by atoms with van der Waals surface area (Å²) in [5.74, 6) is 0. The summed E-state index contributed by atoms with van der Waals surface area (Å²) in [5.41, 5.74) is 2.19. The number of fused-ring (bicyclic) bond motifs is 1. The predicted octanol–water partition coefficient (Wildman–Crippen LogP) is 4.37.